The number of hydrogen-bond acceptors (Lipinski definition) is 3. The second kappa shape index (κ2) is 12.9. The lowest BCUT2D eigenvalue weighted by Crippen LogP contribution is -2.16. The van der Waals surface area contributed by atoms with E-state index in [4.69, 9.17) is 0 Å². The Balaban J connectivity index is 1.15. The molecule has 4 heteroatoms. The van der Waals surface area contributed by atoms with E-state index >= 15 is 0 Å². The first-order valence-electron chi connectivity index (χ1n) is 19.5. The molecule has 0 atom stereocenters. The van der Waals surface area contributed by atoms with E-state index in [9.17, 15) is 0 Å². The van der Waals surface area contributed by atoms with Crippen molar-refractivity contribution in [3.63, 3.8) is 0 Å². The van der Waals surface area contributed by atoms with Gasteiger partial charge in [0.05, 0.1) is 16.7 Å². The molecule has 0 N–H and O–H groups in total. The van der Waals surface area contributed by atoms with Crippen molar-refractivity contribution >= 4 is 78.1 Å². The molecule has 0 bridgehead atoms. The van der Waals surface area contributed by atoms with Gasteiger partial charge in [-0.05, 0) is 124 Å². The Kier molecular flexibility index (Phi) is 7.79. The molecule has 56 heavy (non-hydrogen) atoms. The molecule has 0 saturated carbocycles. The summed E-state index contributed by atoms with van der Waals surface area (Å²) >= 11 is 0. The number of fused-ring (bicyclic) bond motifs is 6. The predicted molar refractivity (Wildman–Crippen MR) is 240 cm³/mol. The van der Waals surface area contributed by atoms with E-state index in [-0.39, 0.29) is 0 Å². The van der Waals surface area contributed by atoms with Gasteiger partial charge in [-0.2, -0.15) is 0 Å². The molecule has 0 amide bonds. The summed E-state index contributed by atoms with van der Waals surface area (Å²) in [5.41, 5.74) is 19.2. The van der Waals surface area contributed by atoms with Gasteiger partial charge in [-0.15, -0.1) is 0 Å². The van der Waals surface area contributed by atoms with E-state index in [2.05, 4.69) is 219 Å². The van der Waals surface area contributed by atoms with Crippen LogP contribution in [0.4, 0.5) is 45.5 Å². The van der Waals surface area contributed by atoms with Crippen LogP contribution >= 0.6 is 0 Å². The highest BCUT2D eigenvalue weighted by molar-refractivity contribution is 6.28. The fourth-order valence-corrected chi connectivity index (χ4v) is 8.73. The zero-order valence-corrected chi connectivity index (χ0v) is 32.8. The van der Waals surface area contributed by atoms with E-state index in [0.29, 0.717) is 0 Å². The largest absolute Gasteiger partial charge is 0.344 e. The van der Waals surface area contributed by atoms with Crippen molar-refractivity contribution in [2.45, 2.75) is 27.7 Å². The monoisotopic (exact) mass is 724 g/mol. The van der Waals surface area contributed by atoms with Gasteiger partial charge < -0.3 is 19.3 Å². The Labute approximate surface area is 329 Å². The van der Waals surface area contributed by atoms with E-state index in [1.807, 2.05) is 0 Å². The van der Waals surface area contributed by atoms with Crippen molar-refractivity contribution in [2.75, 3.05) is 21.7 Å². The zero-order valence-electron chi connectivity index (χ0n) is 32.8. The maximum Gasteiger partial charge on any atom is 0.0510 e. The summed E-state index contributed by atoms with van der Waals surface area (Å²) in [7, 11) is 4.44. The van der Waals surface area contributed by atoms with Crippen molar-refractivity contribution in [1.29, 1.82) is 0 Å². The molecule has 0 aliphatic carbocycles. The van der Waals surface area contributed by atoms with Crippen LogP contribution in [0.1, 0.15) is 22.3 Å². The molecule has 0 spiro atoms. The van der Waals surface area contributed by atoms with E-state index < -0.39 is 0 Å². The van der Waals surface area contributed by atoms with Crippen LogP contribution in [0.15, 0.2) is 158 Å². The fourth-order valence-electron chi connectivity index (χ4n) is 8.73. The maximum absolute atomic E-state index is 2.43. The molecule has 1 aliphatic rings. The van der Waals surface area contributed by atoms with Gasteiger partial charge in [0.15, 0.2) is 0 Å². The van der Waals surface area contributed by atoms with Crippen molar-refractivity contribution < 1.29 is 0 Å². The van der Waals surface area contributed by atoms with Crippen LogP contribution < -0.4 is 14.7 Å². The van der Waals surface area contributed by atoms with Crippen molar-refractivity contribution in [3.8, 4) is 11.1 Å². The minimum Gasteiger partial charge on any atom is -0.344 e. The van der Waals surface area contributed by atoms with Crippen LogP contribution in [0.5, 0.6) is 0 Å². The molecule has 0 radical (unpaired) electrons. The molecule has 4 nitrogen and oxygen atoms in total. The number of anilines is 8. The smallest absolute Gasteiger partial charge is 0.0510 e. The van der Waals surface area contributed by atoms with Crippen molar-refractivity contribution in [1.82, 2.24) is 4.57 Å². The Hall–Kier alpha value is -6.78. The Morgan fingerprint density at radius 2 is 0.821 bits per heavy atom. The summed E-state index contributed by atoms with van der Waals surface area (Å²) in [6.07, 6.45) is 0. The van der Waals surface area contributed by atoms with Crippen molar-refractivity contribution in [3.05, 3.63) is 180 Å². The predicted octanol–water partition coefficient (Wildman–Crippen LogP) is 14.4. The maximum atomic E-state index is 2.43. The lowest BCUT2D eigenvalue weighted by molar-refractivity contribution is 1.01. The second-order valence-corrected chi connectivity index (χ2v) is 15.6. The number of aromatic nitrogens is 1. The molecule has 8 aromatic carbocycles. The first-order valence-corrected chi connectivity index (χ1v) is 19.5. The van der Waals surface area contributed by atoms with E-state index in [1.165, 1.54) is 77.3 Å². The van der Waals surface area contributed by atoms with Crippen LogP contribution in [0.25, 0.3) is 43.7 Å². The van der Waals surface area contributed by atoms with Gasteiger partial charge in [0.2, 0.25) is 0 Å². The second-order valence-electron chi connectivity index (χ2n) is 15.6. The minimum atomic E-state index is 1.13. The van der Waals surface area contributed by atoms with Gasteiger partial charge in [-0.3, -0.25) is 0 Å². The summed E-state index contributed by atoms with van der Waals surface area (Å²) in [4.78, 5) is 7.11. The SMILES string of the molecule is Cc1ccc(N(c2ccc(C)cc2)c2ccc3c(c2)N(C)c2cccc4c2c-3cc2c4c3ccc(N(c4ccc(C)cc4)c4ccc(C)cc4)cc3n2C)cc1. The molecule has 0 fully saturated rings. The van der Waals surface area contributed by atoms with Gasteiger partial charge in [0.25, 0.3) is 0 Å². The quantitative estimate of drug-likeness (QED) is 0.170. The standard InChI is InChI=1S/C52H44N4/c1-33-10-18-37(19-11-33)55(38-20-12-34(2)13-21-38)41-26-28-43-46-32-50-51(45-8-7-9-47(52(45)46)53(5)48(43)30-41)44-29-27-42(31-49(44)54(50)6)56(39-22-14-35(3)15-23-39)40-24-16-36(4)17-25-40/h7-32H,1-6H3. The fraction of sp³-hybridized carbons (Fsp3) is 0.115. The van der Waals surface area contributed by atoms with Crippen molar-refractivity contribution in [2.24, 2.45) is 7.05 Å². The highest BCUT2D eigenvalue weighted by Gasteiger charge is 2.27. The first kappa shape index (κ1) is 33.8. The summed E-state index contributed by atoms with van der Waals surface area (Å²) in [6, 6.07) is 58.5. The summed E-state index contributed by atoms with van der Waals surface area (Å²) in [6.45, 7) is 8.57. The van der Waals surface area contributed by atoms with E-state index in [0.717, 1.165) is 34.1 Å². The molecule has 10 rings (SSSR count). The molecular formula is C52H44N4. The Morgan fingerprint density at radius 1 is 0.357 bits per heavy atom. The van der Waals surface area contributed by atoms with Crippen LogP contribution in [-0.2, 0) is 7.05 Å². The van der Waals surface area contributed by atoms with E-state index in [1.54, 1.807) is 0 Å². The van der Waals surface area contributed by atoms with Gasteiger partial charge in [0.1, 0.15) is 0 Å². The average molecular weight is 725 g/mol. The third-order valence-corrected chi connectivity index (χ3v) is 11.8. The molecule has 0 unspecified atom stereocenters. The molecular weight excluding hydrogens is 681 g/mol. The molecule has 272 valence electrons. The average Bonchev–Trinajstić information content (AvgIpc) is 3.50. The first-order chi connectivity index (χ1) is 27.2. The normalized spacial score (nSPS) is 12.1. The number of nitrogens with zero attached hydrogens (tertiary/aromatic N) is 4. The van der Waals surface area contributed by atoms with Crippen LogP contribution in [0.3, 0.4) is 0 Å². The van der Waals surface area contributed by atoms with Crippen LogP contribution in [0, 0.1) is 27.7 Å². The highest BCUT2D eigenvalue weighted by Crippen LogP contribution is 2.52. The molecule has 1 aliphatic heterocycles. The van der Waals surface area contributed by atoms with Gasteiger partial charge in [-0.1, -0.05) is 95.1 Å². The van der Waals surface area contributed by atoms with Gasteiger partial charge in [0, 0.05) is 75.6 Å². The Bertz CT molecular complexity index is 2860. The topological polar surface area (TPSA) is 14.7 Å². The lowest BCUT2D eigenvalue weighted by Gasteiger charge is -2.33. The van der Waals surface area contributed by atoms with Crippen LogP contribution in [0.2, 0.25) is 0 Å². The minimum absolute atomic E-state index is 1.13. The third kappa shape index (κ3) is 5.36. The molecule has 1 aromatic heterocycles. The third-order valence-electron chi connectivity index (χ3n) is 11.8. The van der Waals surface area contributed by atoms with Gasteiger partial charge in [-0.25, -0.2) is 0 Å². The number of benzene rings is 8. The number of aryl methyl sites for hydroxylation is 5. The number of rotatable bonds is 6. The summed E-state index contributed by atoms with van der Waals surface area (Å²) in [5, 5.41) is 5.14. The molecule has 0 saturated heterocycles. The highest BCUT2D eigenvalue weighted by atomic mass is 15.2. The molecule has 9 aromatic rings. The van der Waals surface area contributed by atoms with Gasteiger partial charge >= 0.3 is 0 Å². The zero-order chi connectivity index (χ0) is 38.2. The molecule has 2 heterocycles. The van der Waals surface area contributed by atoms with Crippen LogP contribution in [-0.4, -0.2) is 11.6 Å². The lowest BCUT2D eigenvalue weighted by atomic mass is 9.89. The summed E-state index contributed by atoms with van der Waals surface area (Å²) < 4.78 is 2.39. The Morgan fingerprint density at radius 3 is 1.34 bits per heavy atom. The summed E-state index contributed by atoms with van der Waals surface area (Å²) in [5.74, 6) is 0. The number of hydrogen-bond donors (Lipinski definition) is 0.